The molecule has 0 saturated heterocycles. The molecule has 1 aromatic carbocycles. The summed E-state index contributed by atoms with van der Waals surface area (Å²) in [6.07, 6.45) is 0.615. The van der Waals surface area contributed by atoms with Crippen LogP contribution in [0, 0.1) is 0 Å². The second kappa shape index (κ2) is 4.86. The molecule has 0 spiro atoms. The van der Waals surface area contributed by atoms with Crippen molar-refractivity contribution in [1.82, 2.24) is 0 Å². The highest BCUT2D eigenvalue weighted by atomic mass is 32.2. The van der Waals surface area contributed by atoms with Gasteiger partial charge in [0.2, 0.25) is 5.91 Å². The van der Waals surface area contributed by atoms with Gasteiger partial charge in [-0.3, -0.25) is 4.79 Å². The van der Waals surface area contributed by atoms with Gasteiger partial charge in [0.1, 0.15) is 0 Å². The maximum atomic E-state index is 11.2. The van der Waals surface area contributed by atoms with E-state index in [9.17, 15) is 4.79 Å². The van der Waals surface area contributed by atoms with E-state index in [2.05, 4.69) is 5.32 Å². The molecule has 0 saturated carbocycles. The molecule has 4 N–H and O–H groups in total. The smallest absolute Gasteiger partial charge is 0.234 e. The first-order valence-corrected chi connectivity index (χ1v) is 6.09. The number of aliphatic hydroxyl groups is 1. The summed E-state index contributed by atoms with van der Waals surface area (Å²) in [5.74, 6) is 0.504. The Morgan fingerprint density at radius 2 is 2.38 bits per heavy atom. The van der Waals surface area contributed by atoms with Crippen LogP contribution in [0.5, 0.6) is 0 Å². The Labute approximate surface area is 98.2 Å². The second-order valence-corrected chi connectivity index (χ2v) is 4.83. The zero-order valence-electron chi connectivity index (χ0n) is 8.77. The quantitative estimate of drug-likeness (QED) is 0.720. The van der Waals surface area contributed by atoms with E-state index in [1.807, 2.05) is 18.2 Å². The Morgan fingerprint density at radius 3 is 3.12 bits per heavy atom. The van der Waals surface area contributed by atoms with Gasteiger partial charge in [-0.05, 0) is 24.1 Å². The van der Waals surface area contributed by atoms with Crippen LogP contribution in [0.3, 0.4) is 0 Å². The Hall–Kier alpha value is -1.04. The van der Waals surface area contributed by atoms with Crippen molar-refractivity contribution in [2.24, 2.45) is 5.73 Å². The first kappa shape index (κ1) is 11.4. The molecule has 86 valence electrons. The average Bonchev–Trinajstić information content (AvgIpc) is 2.28. The number of hydrogen-bond acceptors (Lipinski definition) is 4. The number of aliphatic hydroxyl groups excluding tert-OH is 1. The summed E-state index contributed by atoms with van der Waals surface area (Å²) in [5.41, 5.74) is 7.55. The lowest BCUT2D eigenvalue weighted by atomic mass is 10.1. The first-order valence-electron chi connectivity index (χ1n) is 5.11. The van der Waals surface area contributed by atoms with E-state index in [0.717, 1.165) is 16.1 Å². The lowest BCUT2D eigenvalue weighted by Crippen LogP contribution is -2.27. The number of amides is 1. The molecule has 1 amide bonds. The summed E-state index contributed by atoms with van der Waals surface area (Å²) in [6, 6.07) is 5.65. The maximum absolute atomic E-state index is 11.2. The number of benzene rings is 1. The lowest BCUT2D eigenvalue weighted by Gasteiger charge is -2.17. The molecule has 4 nitrogen and oxygen atoms in total. The van der Waals surface area contributed by atoms with Crippen LogP contribution in [0.15, 0.2) is 23.1 Å². The molecule has 2 rings (SSSR count). The normalized spacial score (nSPS) is 16.5. The van der Waals surface area contributed by atoms with Crippen LogP contribution < -0.4 is 11.1 Å². The van der Waals surface area contributed by atoms with E-state index in [0.29, 0.717) is 12.2 Å². The van der Waals surface area contributed by atoms with E-state index in [1.54, 1.807) is 0 Å². The molecule has 0 aliphatic carbocycles. The molecule has 1 atom stereocenters. The molecule has 5 heteroatoms. The fraction of sp³-hybridized carbons (Fsp3) is 0.364. The predicted octanol–water partition coefficient (Wildman–Crippen LogP) is 0.593. The van der Waals surface area contributed by atoms with E-state index >= 15 is 0 Å². The number of carbonyl (C=O) groups excluding carboxylic acids is 1. The second-order valence-electron chi connectivity index (χ2n) is 3.81. The minimum atomic E-state index is -0.245. The third kappa shape index (κ3) is 2.55. The molecule has 16 heavy (non-hydrogen) atoms. The van der Waals surface area contributed by atoms with Crippen LogP contribution in [-0.2, 0) is 11.2 Å². The van der Waals surface area contributed by atoms with Gasteiger partial charge in [0, 0.05) is 10.9 Å². The summed E-state index contributed by atoms with van der Waals surface area (Å²) < 4.78 is 0. The maximum Gasteiger partial charge on any atom is 0.234 e. The largest absolute Gasteiger partial charge is 0.395 e. The van der Waals surface area contributed by atoms with Crippen molar-refractivity contribution < 1.29 is 9.90 Å². The van der Waals surface area contributed by atoms with Crippen molar-refractivity contribution in [3.8, 4) is 0 Å². The number of carbonyl (C=O) groups is 1. The first-order chi connectivity index (χ1) is 7.69. The van der Waals surface area contributed by atoms with Gasteiger partial charge in [0.15, 0.2) is 0 Å². The van der Waals surface area contributed by atoms with E-state index in [-0.39, 0.29) is 18.6 Å². The minimum Gasteiger partial charge on any atom is -0.395 e. The van der Waals surface area contributed by atoms with Crippen molar-refractivity contribution in [2.45, 2.75) is 17.4 Å². The van der Waals surface area contributed by atoms with Crippen LogP contribution in [0.4, 0.5) is 5.69 Å². The molecule has 0 bridgehead atoms. The number of anilines is 1. The standard InChI is InChI=1S/C11H14N2O2S/c12-8(5-14)3-7-1-2-10-9(4-7)13-11(15)6-16-10/h1-2,4,8,14H,3,5-6,12H2,(H,13,15). The Balaban J connectivity index is 2.18. The number of nitrogens with two attached hydrogens (primary N) is 1. The third-order valence-electron chi connectivity index (χ3n) is 2.41. The number of fused-ring (bicyclic) bond motifs is 1. The van der Waals surface area contributed by atoms with Gasteiger partial charge < -0.3 is 16.2 Å². The van der Waals surface area contributed by atoms with Gasteiger partial charge in [-0.15, -0.1) is 11.8 Å². The highest BCUT2D eigenvalue weighted by Crippen LogP contribution is 2.32. The van der Waals surface area contributed by atoms with Crippen molar-refractivity contribution in [1.29, 1.82) is 0 Å². The summed E-state index contributed by atoms with van der Waals surface area (Å²) in [7, 11) is 0. The molecule has 0 radical (unpaired) electrons. The van der Waals surface area contributed by atoms with Crippen LogP contribution in [0.1, 0.15) is 5.56 Å². The van der Waals surface area contributed by atoms with Crippen LogP contribution in [0.25, 0.3) is 0 Å². The van der Waals surface area contributed by atoms with Crippen molar-refractivity contribution in [3.63, 3.8) is 0 Å². The molecule has 1 unspecified atom stereocenters. The molecule has 0 fully saturated rings. The summed E-state index contributed by atoms with van der Waals surface area (Å²) in [6.45, 7) is -0.0296. The third-order valence-corrected chi connectivity index (χ3v) is 3.48. The number of thioether (sulfide) groups is 1. The zero-order chi connectivity index (χ0) is 11.5. The Bertz CT molecular complexity index is 409. The molecule has 1 aromatic rings. The van der Waals surface area contributed by atoms with Gasteiger partial charge in [0.05, 0.1) is 18.0 Å². The summed E-state index contributed by atoms with van der Waals surface area (Å²) in [4.78, 5) is 12.3. The highest BCUT2D eigenvalue weighted by Gasteiger charge is 2.15. The van der Waals surface area contributed by atoms with Gasteiger partial charge in [-0.2, -0.15) is 0 Å². The van der Waals surface area contributed by atoms with Gasteiger partial charge in [-0.25, -0.2) is 0 Å². The molecule has 1 heterocycles. The van der Waals surface area contributed by atoms with E-state index in [1.165, 1.54) is 11.8 Å². The number of rotatable bonds is 3. The van der Waals surface area contributed by atoms with Gasteiger partial charge >= 0.3 is 0 Å². The van der Waals surface area contributed by atoms with Gasteiger partial charge in [0.25, 0.3) is 0 Å². The van der Waals surface area contributed by atoms with E-state index < -0.39 is 0 Å². The lowest BCUT2D eigenvalue weighted by molar-refractivity contribution is -0.113. The molecule has 1 aliphatic rings. The van der Waals surface area contributed by atoms with Crippen LogP contribution in [-0.4, -0.2) is 29.4 Å². The molecular weight excluding hydrogens is 224 g/mol. The molecule has 0 aromatic heterocycles. The van der Waals surface area contributed by atoms with Crippen molar-refractivity contribution >= 4 is 23.4 Å². The topological polar surface area (TPSA) is 75.3 Å². The predicted molar refractivity (Wildman–Crippen MR) is 64.6 cm³/mol. The fourth-order valence-corrected chi connectivity index (χ4v) is 2.41. The van der Waals surface area contributed by atoms with Crippen LogP contribution in [0.2, 0.25) is 0 Å². The summed E-state index contributed by atoms with van der Waals surface area (Å²) >= 11 is 1.54. The monoisotopic (exact) mass is 238 g/mol. The Morgan fingerprint density at radius 1 is 1.56 bits per heavy atom. The zero-order valence-corrected chi connectivity index (χ0v) is 9.59. The SMILES string of the molecule is NC(CO)Cc1ccc2c(c1)NC(=O)CS2. The van der Waals surface area contributed by atoms with Crippen LogP contribution >= 0.6 is 11.8 Å². The van der Waals surface area contributed by atoms with Crippen molar-refractivity contribution in [2.75, 3.05) is 17.7 Å². The average molecular weight is 238 g/mol. The summed E-state index contributed by atoms with van der Waals surface area (Å²) in [5, 5.41) is 11.7. The minimum absolute atomic E-state index is 0.0288. The molecular formula is C11H14N2O2S. The molecule has 1 aliphatic heterocycles. The van der Waals surface area contributed by atoms with Gasteiger partial charge in [-0.1, -0.05) is 6.07 Å². The van der Waals surface area contributed by atoms with Crippen molar-refractivity contribution in [3.05, 3.63) is 23.8 Å². The fourth-order valence-electron chi connectivity index (χ4n) is 1.62. The number of nitrogens with one attached hydrogen (secondary N) is 1. The highest BCUT2D eigenvalue weighted by molar-refractivity contribution is 8.00. The Kier molecular flexibility index (Phi) is 3.48. The van der Waals surface area contributed by atoms with E-state index in [4.69, 9.17) is 10.8 Å². The number of hydrogen-bond donors (Lipinski definition) is 3.